The van der Waals surface area contributed by atoms with Crippen LogP contribution in [0.15, 0.2) is 81.1 Å². The van der Waals surface area contributed by atoms with E-state index >= 15 is 4.39 Å². The lowest BCUT2D eigenvalue weighted by molar-refractivity contribution is 0.409. The SMILES string of the molecule is COc1cc(-c2ccc(Cl)c(C)c2)c(F)cc1N(c1ccon1)S(=O)(=O)c1ccc2[nH]c(=O)c(OC)cc2c1. The molecule has 0 spiro atoms. The first-order valence-corrected chi connectivity index (χ1v) is 13.3. The van der Waals surface area contributed by atoms with Gasteiger partial charge < -0.3 is 19.0 Å². The molecule has 1 N–H and O–H groups in total. The molecule has 5 aromatic rings. The molecule has 0 fully saturated rings. The molecular formula is C27H21ClFN3O6S. The van der Waals surface area contributed by atoms with Crippen molar-refractivity contribution in [2.45, 2.75) is 11.8 Å². The number of fused-ring (bicyclic) bond motifs is 1. The number of pyridine rings is 1. The van der Waals surface area contributed by atoms with Crippen molar-refractivity contribution in [3.05, 3.63) is 93.7 Å². The van der Waals surface area contributed by atoms with Crippen molar-refractivity contribution in [1.29, 1.82) is 0 Å². The fourth-order valence-corrected chi connectivity index (χ4v) is 5.75. The second-order valence-corrected chi connectivity index (χ2v) is 10.7. The van der Waals surface area contributed by atoms with Gasteiger partial charge in [0.25, 0.3) is 15.6 Å². The highest BCUT2D eigenvalue weighted by molar-refractivity contribution is 7.93. The topological polar surface area (TPSA) is 115 Å². The number of sulfonamides is 1. The van der Waals surface area contributed by atoms with E-state index < -0.39 is 21.4 Å². The Kier molecular flexibility index (Phi) is 6.79. The Balaban J connectivity index is 1.70. The lowest BCUT2D eigenvalue weighted by Gasteiger charge is -2.24. The van der Waals surface area contributed by atoms with E-state index in [9.17, 15) is 13.2 Å². The van der Waals surface area contributed by atoms with Crippen LogP contribution in [0.2, 0.25) is 5.02 Å². The van der Waals surface area contributed by atoms with Crippen molar-refractivity contribution in [3.8, 4) is 22.6 Å². The lowest BCUT2D eigenvalue weighted by atomic mass is 10.0. The van der Waals surface area contributed by atoms with Gasteiger partial charge in [-0.2, -0.15) is 0 Å². The minimum atomic E-state index is -4.42. The number of aryl methyl sites for hydroxylation is 1. The summed E-state index contributed by atoms with van der Waals surface area (Å²) in [5.74, 6) is -0.737. The van der Waals surface area contributed by atoms with Gasteiger partial charge in [0.1, 0.15) is 23.5 Å². The first-order valence-electron chi connectivity index (χ1n) is 11.4. The minimum absolute atomic E-state index is 0.0159. The average Bonchev–Trinajstić information content (AvgIpc) is 3.44. The molecule has 12 heteroatoms. The summed E-state index contributed by atoms with van der Waals surface area (Å²) in [5.41, 5.74) is 1.29. The van der Waals surface area contributed by atoms with Gasteiger partial charge in [-0.1, -0.05) is 22.8 Å². The second-order valence-electron chi connectivity index (χ2n) is 8.51. The van der Waals surface area contributed by atoms with Gasteiger partial charge in [0, 0.05) is 33.6 Å². The summed E-state index contributed by atoms with van der Waals surface area (Å²) in [7, 11) is -1.74. The van der Waals surface area contributed by atoms with Crippen LogP contribution in [0.25, 0.3) is 22.0 Å². The zero-order valence-electron chi connectivity index (χ0n) is 20.9. The number of ether oxygens (including phenoxy) is 2. The number of rotatable bonds is 7. The summed E-state index contributed by atoms with van der Waals surface area (Å²) in [5, 5.41) is 4.74. The van der Waals surface area contributed by atoms with Crippen LogP contribution in [0.1, 0.15) is 5.56 Å². The van der Waals surface area contributed by atoms with Gasteiger partial charge in [0.15, 0.2) is 11.6 Å². The van der Waals surface area contributed by atoms with Crippen molar-refractivity contribution < 1.29 is 26.8 Å². The number of aromatic amines is 1. The van der Waals surface area contributed by atoms with Crippen molar-refractivity contribution >= 4 is 44.0 Å². The fraction of sp³-hybridized carbons (Fsp3) is 0.111. The predicted molar refractivity (Wildman–Crippen MR) is 145 cm³/mol. The van der Waals surface area contributed by atoms with E-state index in [4.69, 9.17) is 25.6 Å². The number of H-pyrrole nitrogens is 1. The number of nitrogens with zero attached hydrogens (tertiary/aromatic N) is 2. The lowest BCUT2D eigenvalue weighted by Crippen LogP contribution is -2.27. The summed E-state index contributed by atoms with van der Waals surface area (Å²) < 4.78 is 60.1. The highest BCUT2D eigenvalue weighted by Crippen LogP contribution is 2.42. The standard InChI is InChI=1S/C27H21ClFN3O6S/c1-15-10-16(4-6-20(15)28)19-13-24(36-2)23(14-21(19)29)32(26-8-9-38-31-26)39(34,35)18-5-7-22-17(11-18)12-25(37-3)27(33)30-22/h4-14H,1-3H3,(H,30,33). The Bertz CT molecular complexity index is 1870. The zero-order chi connectivity index (χ0) is 27.9. The number of anilines is 2. The van der Waals surface area contributed by atoms with Crippen LogP contribution >= 0.6 is 11.6 Å². The Morgan fingerprint density at radius 1 is 1.00 bits per heavy atom. The van der Waals surface area contributed by atoms with Crippen LogP contribution in [0.3, 0.4) is 0 Å². The Hall–Kier alpha value is -4.35. The maximum Gasteiger partial charge on any atom is 0.290 e. The molecule has 200 valence electrons. The number of hydrogen-bond donors (Lipinski definition) is 1. The third-order valence-corrected chi connectivity index (χ3v) is 8.27. The second kappa shape index (κ2) is 10.1. The van der Waals surface area contributed by atoms with Gasteiger partial charge in [0.05, 0.1) is 19.1 Å². The van der Waals surface area contributed by atoms with Gasteiger partial charge in [-0.25, -0.2) is 17.1 Å². The van der Waals surface area contributed by atoms with Gasteiger partial charge in [-0.15, -0.1) is 0 Å². The fourth-order valence-electron chi connectivity index (χ4n) is 4.17. The van der Waals surface area contributed by atoms with Crippen LogP contribution in [-0.2, 0) is 10.0 Å². The normalized spacial score (nSPS) is 11.5. The molecule has 39 heavy (non-hydrogen) atoms. The van der Waals surface area contributed by atoms with E-state index in [1.54, 1.807) is 25.1 Å². The molecule has 0 bridgehead atoms. The maximum atomic E-state index is 15.6. The number of aromatic nitrogens is 2. The molecule has 0 aliphatic rings. The molecule has 3 aromatic carbocycles. The van der Waals surface area contributed by atoms with Gasteiger partial charge in [-0.3, -0.25) is 4.79 Å². The predicted octanol–water partition coefficient (Wildman–Crippen LogP) is 5.83. The Labute approximate surface area is 227 Å². The molecule has 0 radical (unpaired) electrons. The maximum absolute atomic E-state index is 15.6. The van der Waals surface area contributed by atoms with Crippen LogP contribution in [-0.4, -0.2) is 32.8 Å². The van der Waals surface area contributed by atoms with Gasteiger partial charge >= 0.3 is 0 Å². The number of methoxy groups -OCH3 is 2. The molecule has 0 aliphatic heterocycles. The van der Waals surface area contributed by atoms with Crippen molar-refractivity contribution in [2.24, 2.45) is 0 Å². The molecule has 0 amide bonds. The Morgan fingerprint density at radius 3 is 2.44 bits per heavy atom. The van der Waals surface area contributed by atoms with Gasteiger partial charge in [-0.05, 0) is 60.5 Å². The number of benzene rings is 3. The number of nitrogens with one attached hydrogen (secondary N) is 1. The monoisotopic (exact) mass is 569 g/mol. The molecule has 5 rings (SSSR count). The molecule has 0 unspecified atom stereocenters. The third-order valence-electron chi connectivity index (χ3n) is 6.13. The summed E-state index contributed by atoms with van der Waals surface area (Å²) >= 11 is 6.13. The summed E-state index contributed by atoms with van der Waals surface area (Å²) in [6.07, 6.45) is 1.20. The molecule has 2 heterocycles. The van der Waals surface area contributed by atoms with Crippen molar-refractivity contribution in [1.82, 2.24) is 10.1 Å². The van der Waals surface area contributed by atoms with E-state index in [1.165, 1.54) is 56.9 Å². The van der Waals surface area contributed by atoms with E-state index in [1.807, 2.05) is 0 Å². The smallest absolute Gasteiger partial charge is 0.290 e. The zero-order valence-corrected chi connectivity index (χ0v) is 22.4. The summed E-state index contributed by atoms with van der Waals surface area (Å²) in [6, 6.07) is 14.4. The quantitative estimate of drug-likeness (QED) is 0.262. The van der Waals surface area contributed by atoms with Crippen molar-refractivity contribution in [3.63, 3.8) is 0 Å². The van der Waals surface area contributed by atoms with E-state index in [0.717, 1.165) is 15.9 Å². The first-order chi connectivity index (χ1) is 18.6. The van der Waals surface area contributed by atoms with Crippen molar-refractivity contribution in [2.75, 3.05) is 18.5 Å². The minimum Gasteiger partial charge on any atom is -0.495 e. The number of hydrogen-bond acceptors (Lipinski definition) is 7. The highest BCUT2D eigenvalue weighted by Gasteiger charge is 2.32. The van der Waals surface area contributed by atoms with Crippen LogP contribution in [0.4, 0.5) is 15.9 Å². The number of halogens is 2. The highest BCUT2D eigenvalue weighted by atomic mass is 35.5. The van der Waals surface area contributed by atoms with E-state index in [2.05, 4.69) is 10.1 Å². The molecule has 0 saturated carbocycles. The molecule has 0 atom stereocenters. The van der Waals surface area contributed by atoms with Crippen LogP contribution in [0.5, 0.6) is 11.5 Å². The van der Waals surface area contributed by atoms with E-state index in [-0.39, 0.29) is 33.5 Å². The molecule has 2 aromatic heterocycles. The molecule has 0 aliphatic carbocycles. The van der Waals surface area contributed by atoms with Gasteiger partial charge in [0.2, 0.25) is 0 Å². The molecule has 9 nitrogen and oxygen atoms in total. The molecule has 0 saturated heterocycles. The third kappa shape index (κ3) is 4.70. The largest absolute Gasteiger partial charge is 0.495 e. The molecular weight excluding hydrogens is 549 g/mol. The van der Waals surface area contributed by atoms with Crippen LogP contribution in [0, 0.1) is 12.7 Å². The van der Waals surface area contributed by atoms with E-state index in [0.29, 0.717) is 21.5 Å². The average molecular weight is 570 g/mol. The first kappa shape index (κ1) is 26.3. The Morgan fingerprint density at radius 2 is 1.77 bits per heavy atom. The summed E-state index contributed by atoms with van der Waals surface area (Å²) in [6.45, 7) is 1.79. The summed E-state index contributed by atoms with van der Waals surface area (Å²) in [4.78, 5) is 14.6. The van der Waals surface area contributed by atoms with Crippen LogP contribution < -0.4 is 19.3 Å².